The number of rotatable bonds is 5. The quantitative estimate of drug-likeness (QED) is 0.530. The van der Waals surface area contributed by atoms with Gasteiger partial charge in [0.25, 0.3) is 0 Å². The van der Waals surface area contributed by atoms with E-state index in [-0.39, 0.29) is 5.91 Å². The number of nitrogens with one attached hydrogen (secondary N) is 1. The molecule has 1 aliphatic carbocycles. The van der Waals surface area contributed by atoms with Gasteiger partial charge in [0.05, 0.1) is 6.10 Å². The highest BCUT2D eigenvalue weighted by Crippen LogP contribution is 2.19. The molecule has 1 amide bonds. The summed E-state index contributed by atoms with van der Waals surface area (Å²) in [7, 11) is 3.53. The van der Waals surface area contributed by atoms with Crippen molar-refractivity contribution in [2.75, 3.05) is 20.6 Å². The average molecular weight is 200 g/mol. The van der Waals surface area contributed by atoms with Gasteiger partial charge >= 0.3 is 0 Å². The van der Waals surface area contributed by atoms with E-state index < -0.39 is 0 Å². The largest absolute Gasteiger partial charge is 0.349 e. The van der Waals surface area contributed by atoms with Gasteiger partial charge in [0.15, 0.2) is 0 Å². The van der Waals surface area contributed by atoms with Crippen LogP contribution in [0, 0.1) is 0 Å². The molecule has 1 rings (SSSR count). The van der Waals surface area contributed by atoms with Gasteiger partial charge in [0.2, 0.25) is 5.91 Å². The lowest BCUT2D eigenvalue weighted by atomic mass is 10.3. The summed E-state index contributed by atoms with van der Waals surface area (Å²) in [6.45, 7) is 0.605. The van der Waals surface area contributed by atoms with E-state index in [9.17, 15) is 4.79 Å². The number of carbonyl (C=O) groups excluding carboxylic acids is 1. The lowest BCUT2D eigenvalue weighted by Gasteiger charge is -2.13. The normalized spacial score (nSPS) is 17.3. The summed E-state index contributed by atoms with van der Waals surface area (Å²) in [5.74, 6) is 0.132. The Morgan fingerprint density at radius 3 is 2.64 bits per heavy atom. The first-order valence-electron chi connectivity index (χ1n) is 5.29. The topological polar surface area (TPSA) is 41.6 Å². The van der Waals surface area contributed by atoms with Gasteiger partial charge in [-0.2, -0.15) is 0 Å². The Kier molecular flexibility index (Phi) is 4.90. The Balaban J connectivity index is 1.96. The van der Waals surface area contributed by atoms with Crippen molar-refractivity contribution in [3.05, 3.63) is 0 Å². The van der Waals surface area contributed by atoms with E-state index in [1.807, 2.05) is 0 Å². The molecular formula is C10H20N2O2. The van der Waals surface area contributed by atoms with E-state index in [0.717, 1.165) is 12.8 Å². The van der Waals surface area contributed by atoms with Crippen LogP contribution < -0.4 is 5.48 Å². The van der Waals surface area contributed by atoms with E-state index in [2.05, 4.69) is 5.48 Å². The SMILES string of the molecule is CN(C)C(=O)CCNOC1CCCC1. The zero-order valence-electron chi connectivity index (χ0n) is 9.08. The Bertz CT molecular complexity index is 177. The van der Waals surface area contributed by atoms with E-state index in [4.69, 9.17) is 4.84 Å². The Morgan fingerprint density at radius 1 is 1.43 bits per heavy atom. The summed E-state index contributed by atoms with van der Waals surface area (Å²) < 4.78 is 0. The second-order valence-corrected chi connectivity index (χ2v) is 3.96. The van der Waals surface area contributed by atoms with Gasteiger partial charge in [-0.25, -0.2) is 5.48 Å². The molecule has 0 saturated heterocycles. The number of hydrogen-bond acceptors (Lipinski definition) is 3. The van der Waals surface area contributed by atoms with Crippen LogP contribution in [0.2, 0.25) is 0 Å². The Labute approximate surface area is 85.6 Å². The fourth-order valence-corrected chi connectivity index (χ4v) is 1.56. The molecule has 4 heteroatoms. The second-order valence-electron chi connectivity index (χ2n) is 3.96. The fraction of sp³-hybridized carbons (Fsp3) is 0.900. The number of nitrogens with zero attached hydrogens (tertiary/aromatic N) is 1. The molecule has 1 aliphatic rings. The first-order chi connectivity index (χ1) is 6.70. The van der Waals surface area contributed by atoms with Crippen molar-refractivity contribution in [1.82, 2.24) is 10.4 Å². The summed E-state index contributed by atoms with van der Waals surface area (Å²) >= 11 is 0. The van der Waals surface area contributed by atoms with Crippen LogP contribution >= 0.6 is 0 Å². The van der Waals surface area contributed by atoms with Crippen molar-refractivity contribution >= 4 is 5.91 Å². The molecule has 82 valence electrons. The first-order valence-corrected chi connectivity index (χ1v) is 5.29. The molecule has 14 heavy (non-hydrogen) atoms. The molecule has 0 aromatic heterocycles. The molecule has 0 spiro atoms. The second kappa shape index (κ2) is 5.98. The van der Waals surface area contributed by atoms with Gasteiger partial charge in [-0.15, -0.1) is 0 Å². The van der Waals surface area contributed by atoms with E-state index in [0.29, 0.717) is 19.1 Å². The molecule has 0 bridgehead atoms. The van der Waals surface area contributed by atoms with Crippen LogP contribution in [0.1, 0.15) is 32.1 Å². The first kappa shape index (κ1) is 11.5. The highest BCUT2D eigenvalue weighted by atomic mass is 16.7. The summed E-state index contributed by atoms with van der Waals surface area (Å²) in [6, 6.07) is 0. The molecule has 1 saturated carbocycles. The molecule has 0 radical (unpaired) electrons. The van der Waals surface area contributed by atoms with Crippen LogP contribution in [0.25, 0.3) is 0 Å². The third-order valence-corrected chi connectivity index (χ3v) is 2.49. The van der Waals surface area contributed by atoms with Gasteiger partial charge in [0, 0.05) is 27.1 Å². The average Bonchev–Trinajstić information content (AvgIpc) is 2.64. The van der Waals surface area contributed by atoms with Crippen LogP contribution in [-0.2, 0) is 9.63 Å². The molecule has 0 atom stereocenters. The van der Waals surface area contributed by atoms with Crippen LogP contribution in [-0.4, -0.2) is 37.6 Å². The minimum absolute atomic E-state index is 0.132. The van der Waals surface area contributed by atoms with E-state index in [1.54, 1.807) is 19.0 Å². The lowest BCUT2D eigenvalue weighted by molar-refractivity contribution is -0.129. The van der Waals surface area contributed by atoms with Crippen molar-refractivity contribution < 1.29 is 9.63 Å². The van der Waals surface area contributed by atoms with E-state index in [1.165, 1.54) is 12.8 Å². The Morgan fingerprint density at radius 2 is 2.07 bits per heavy atom. The van der Waals surface area contributed by atoms with Crippen LogP contribution in [0.3, 0.4) is 0 Å². The van der Waals surface area contributed by atoms with Crippen molar-refractivity contribution in [3.8, 4) is 0 Å². The van der Waals surface area contributed by atoms with Crippen molar-refractivity contribution in [2.24, 2.45) is 0 Å². The van der Waals surface area contributed by atoms with Crippen molar-refractivity contribution in [1.29, 1.82) is 0 Å². The standard InChI is InChI=1S/C10H20N2O2/c1-12(2)10(13)7-8-11-14-9-5-3-4-6-9/h9,11H,3-8H2,1-2H3. The molecule has 1 fully saturated rings. The van der Waals surface area contributed by atoms with Crippen LogP contribution in [0.5, 0.6) is 0 Å². The maximum atomic E-state index is 11.2. The highest BCUT2D eigenvalue weighted by molar-refractivity contribution is 5.75. The molecule has 4 nitrogen and oxygen atoms in total. The van der Waals surface area contributed by atoms with Crippen molar-refractivity contribution in [2.45, 2.75) is 38.2 Å². The number of carbonyl (C=O) groups is 1. The predicted molar refractivity (Wildman–Crippen MR) is 54.7 cm³/mol. The maximum absolute atomic E-state index is 11.2. The zero-order valence-corrected chi connectivity index (χ0v) is 9.08. The minimum Gasteiger partial charge on any atom is -0.349 e. The molecule has 0 aromatic rings. The summed E-state index contributed by atoms with van der Waals surface area (Å²) in [5.41, 5.74) is 2.87. The maximum Gasteiger partial charge on any atom is 0.223 e. The molecular weight excluding hydrogens is 180 g/mol. The third kappa shape index (κ3) is 4.07. The molecule has 1 N–H and O–H groups in total. The molecule has 0 aromatic carbocycles. The summed E-state index contributed by atoms with van der Waals surface area (Å²) in [4.78, 5) is 18.2. The number of hydrogen-bond donors (Lipinski definition) is 1. The van der Waals surface area contributed by atoms with Gasteiger partial charge in [0.1, 0.15) is 0 Å². The number of amides is 1. The lowest BCUT2D eigenvalue weighted by Crippen LogP contribution is -2.28. The third-order valence-electron chi connectivity index (χ3n) is 2.49. The molecule has 0 unspecified atom stereocenters. The molecule has 0 heterocycles. The Hall–Kier alpha value is -0.610. The zero-order chi connectivity index (χ0) is 10.4. The van der Waals surface area contributed by atoms with Gasteiger partial charge in [-0.3, -0.25) is 9.63 Å². The van der Waals surface area contributed by atoms with Crippen molar-refractivity contribution in [3.63, 3.8) is 0 Å². The smallest absolute Gasteiger partial charge is 0.223 e. The predicted octanol–water partition coefficient (Wildman–Crippen LogP) is 0.928. The van der Waals surface area contributed by atoms with Gasteiger partial charge < -0.3 is 4.90 Å². The van der Waals surface area contributed by atoms with Crippen LogP contribution in [0.15, 0.2) is 0 Å². The van der Waals surface area contributed by atoms with Gasteiger partial charge in [-0.1, -0.05) is 12.8 Å². The number of hydroxylamine groups is 1. The van der Waals surface area contributed by atoms with Gasteiger partial charge in [-0.05, 0) is 12.8 Å². The van der Waals surface area contributed by atoms with Crippen LogP contribution in [0.4, 0.5) is 0 Å². The highest BCUT2D eigenvalue weighted by Gasteiger charge is 2.15. The molecule has 0 aliphatic heterocycles. The minimum atomic E-state index is 0.132. The summed E-state index contributed by atoms with van der Waals surface area (Å²) in [5, 5.41) is 0. The monoisotopic (exact) mass is 200 g/mol. The fourth-order valence-electron chi connectivity index (χ4n) is 1.56. The summed E-state index contributed by atoms with van der Waals surface area (Å²) in [6.07, 6.45) is 5.69. The van der Waals surface area contributed by atoms with E-state index >= 15 is 0 Å².